The van der Waals surface area contributed by atoms with Crippen molar-refractivity contribution in [2.45, 2.75) is 51.7 Å². The minimum Gasteiger partial charge on any atom is -0.388 e. The predicted octanol–water partition coefficient (Wildman–Crippen LogP) is 3.14. The third-order valence-corrected chi connectivity index (χ3v) is 4.57. The molecular formula is C16H21FN2O. The van der Waals surface area contributed by atoms with Crippen LogP contribution < -0.4 is 4.90 Å². The predicted molar refractivity (Wildman–Crippen MR) is 77.1 cm³/mol. The lowest BCUT2D eigenvalue weighted by Crippen LogP contribution is -2.44. The van der Waals surface area contributed by atoms with Crippen molar-refractivity contribution >= 4 is 5.69 Å². The molecule has 0 saturated carbocycles. The highest BCUT2D eigenvalue weighted by Gasteiger charge is 2.44. The van der Waals surface area contributed by atoms with Crippen molar-refractivity contribution in [1.82, 2.24) is 0 Å². The first-order chi connectivity index (χ1) is 9.48. The summed E-state index contributed by atoms with van der Waals surface area (Å²) in [6, 6.07) is 5.18. The standard InChI is InChI=1S/C16H21FN2O/c1-4-14-16(20,5-2)8-9-19(14)13-7-6-12(10-18)15(17)11(13)3/h6-7,14,20H,4-5,8-9H2,1-3H3/t14-,16-/m0/s1. The number of anilines is 1. The monoisotopic (exact) mass is 276 g/mol. The minimum atomic E-state index is -0.703. The smallest absolute Gasteiger partial charge is 0.145 e. The molecule has 1 N–H and O–H groups in total. The molecule has 0 bridgehead atoms. The number of benzene rings is 1. The second-order valence-electron chi connectivity index (χ2n) is 5.51. The van der Waals surface area contributed by atoms with Gasteiger partial charge in [-0.2, -0.15) is 5.26 Å². The highest BCUT2D eigenvalue weighted by molar-refractivity contribution is 5.59. The Hall–Kier alpha value is -1.60. The van der Waals surface area contributed by atoms with E-state index in [0.29, 0.717) is 18.4 Å². The van der Waals surface area contributed by atoms with E-state index >= 15 is 0 Å². The first kappa shape index (κ1) is 14.8. The van der Waals surface area contributed by atoms with Crippen LogP contribution in [0.4, 0.5) is 10.1 Å². The van der Waals surface area contributed by atoms with E-state index in [4.69, 9.17) is 5.26 Å². The van der Waals surface area contributed by atoms with Crippen LogP contribution in [-0.2, 0) is 0 Å². The number of aliphatic hydroxyl groups is 1. The fraction of sp³-hybridized carbons (Fsp3) is 0.562. The average molecular weight is 276 g/mol. The van der Waals surface area contributed by atoms with E-state index in [1.54, 1.807) is 13.0 Å². The van der Waals surface area contributed by atoms with Crippen molar-refractivity contribution in [3.8, 4) is 6.07 Å². The maximum Gasteiger partial charge on any atom is 0.145 e. The fourth-order valence-corrected chi connectivity index (χ4v) is 3.30. The highest BCUT2D eigenvalue weighted by atomic mass is 19.1. The summed E-state index contributed by atoms with van der Waals surface area (Å²) in [5, 5.41) is 19.5. The van der Waals surface area contributed by atoms with Gasteiger partial charge in [-0.3, -0.25) is 0 Å². The minimum absolute atomic E-state index is 0.00136. The van der Waals surface area contributed by atoms with Gasteiger partial charge < -0.3 is 10.0 Å². The van der Waals surface area contributed by atoms with Crippen molar-refractivity contribution in [3.63, 3.8) is 0 Å². The zero-order valence-corrected chi connectivity index (χ0v) is 12.3. The SMILES string of the molecule is CC[C@@H]1N(c2ccc(C#N)c(F)c2C)CC[C@@]1(O)CC. The van der Waals surface area contributed by atoms with E-state index in [2.05, 4.69) is 4.90 Å². The Morgan fingerprint density at radius 1 is 1.50 bits per heavy atom. The Kier molecular flexibility index (Phi) is 4.01. The van der Waals surface area contributed by atoms with Gasteiger partial charge in [0.15, 0.2) is 0 Å². The molecule has 1 saturated heterocycles. The van der Waals surface area contributed by atoms with Gasteiger partial charge in [-0.1, -0.05) is 13.8 Å². The molecular weight excluding hydrogens is 255 g/mol. The van der Waals surface area contributed by atoms with Crippen LogP contribution >= 0.6 is 0 Å². The van der Waals surface area contributed by atoms with Crippen molar-refractivity contribution in [2.24, 2.45) is 0 Å². The Morgan fingerprint density at radius 3 is 2.75 bits per heavy atom. The number of hydrogen-bond donors (Lipinski definition) is 1. The topological polar surface area (TPSA) is 47.3 Å². The lowest BCUT2D eigenvalue weighted by Gasteiger charge is -2.34. The molecule has 0 radical (unpaired) electrons. The van der Waals surface area contributed by atoms with Crippen molar-refractivity contribution in [2.75, 3.05) is 11.4 Å². The summed E-state index contributed by atoms with van der Waals surface area (Å²) in [6.07, 6.45) is 2.20. The van der Waals surface area contributed by atoms with Crippen LogP contribution in [0, 0.1) is 24.1 Å². The van der Waals surface area contributed by atoms with Gasteiger partial charge in [0, 0.05) is 17.8 Å². The van der Waals surface area contributed by atoms with Crippen LogP contribution in [-0.4, -0.2) is 23.3 Å². The molecule has 1 aromatic carbocycles. The molecule has 108 valence electrons. The Bertz CT molecular complexity index is 552. The molecule has 1 fully saturated rings. The van der Waals surface area contributed by atoms with Gasteiger partial charge in [0.05, 0.1) is 17.2 Å². The molecule has 1 aliphatic rings. The number of halogens is 1. The fourth-order valence-electron chi connectivity index (χ4n) is 3.30. The molecule has 0 aliphatic carbocycles. The molecule has 2 rings (SSSR count). The lowest BCUT2D eigenvalue weighted by molar-refractivity contribution is 0.0268. The van der Waals surface area contributed by atoms with Crippen molar-refractivity contribution in [3.05, 3.63) is 29.1 Å². The Balaban J connectivity index is 2.43. The summed E-state index contributed by atoms with van der Waals surface area (Å²) in [5.41, 5.74) is 0.649. The third kappa shape index (κ3) is 2.16. The summed E-state index contributed by atoms with van der Waals surface area (Å²) in [4.78, 5) is 2.09. The molecule has 4 heteroatoms. The maximum atomic E-state index is 14.1. The van der Waals surface area contributed by atoms with Gasteiger partial charge in [0.2, 0.25) is 0 Å². The molecule has 0 unspecified atom stereocenters. The van der Waals surface area contributed by atoms with Gasteiger partial charge in [-0.05, 0) is 38.3 Å². The summed E-state index contributed by atoms with van der Waals surface area (Å²) in [7, 11) is 0. The van der Waals surface area contributed by atoms with Crippen LogP contribution in [0.3, 0.4) is 0 Å². The van der Waals surface area contributed by atoms with Gasteiger partial charge >= 0.3 is 0 Å². The van der Waals surface area contributed by atoms with Crippen molar-refractivity contribution in [1.29, 1.82) is 5.26 Å². The number of nitrogens with zero attached hydrogens (tertiary/aromatic N) is 2. The molecule has 0 amide bonds. The van der Waals surface area contributed by atoms with E-state index in [9.17, 15) is 9.50 Å². The number of nitriles is 1. The first-order valence-electron chi connectivity index (χ1n) is 7.16. The van der Waals surface area contributed by atoms with Crippen LogP contribution in [0.15, 0.2) is 12.1 Å². The van der Waals surface area contributed by atoms with E-state index < -0.39 is 11.4 Å². The van der Waals surface area contributed by atoms with Crippen LogP contribution in [0.25, 0.3) is 0 Å². The summed E-state index contributed by atoms with van der Waals surface area (Å²) >= 11 is 0. The lowest BCUT2D eigenvalue weighted by atomic mass is 9.90. The molecule has 20 heavy (non-hydrogen) atoms. The first-order valence-corrected chi connectivity index (χ1v) is 7.16. The van der Waals surface area contributed by atoms with E-state index in [0.717, 1.165) is 18.7 Å². The Morgan fingerprint density at radius 2 is 2.20 bits per heavy atom. The van der Waals surface area contributed by atoms with E-state index in [1.165, 1.54) is 6.07 Å². The molecule has 0 aromatic heterocycles. The van der Waals surface area contributed by atoms with Gasteiger partial charge in [-0.15, -0.1) is 0 Å². The second-order valence-corrected chi connectivity index (χ2v) is 5.51. The zero-order chi connectivity index (χ0) is 14.9. The summed E-state index contributed by atoms with van der Waals surface area (Å²) < 4.78 is 14.1. The van der Waals surface area contributed by atoms with Crippen LogP contribution in [0.5, 0.6) is 0 Å². The van der Waals surface area contributed by atoms with E-state index in [1.807, 2.05) is 19.9 Å². The van der Waals surface area contributed by atoms with Crippen molar-refractivity contribution < 1.29 is 9.50 Å². The largest absolute Gasteiger partial charge is 0.388 e. The average Bonchev–Trinajstić information content (AvgIpc) is 2.79. The molecule has 2 atom stereocenters. The molecule has 1 aliphatic heterocycles. The zero-order valence-electron chi connectivity index (χ0n) is 12.3. The molecule has 0 spiro atoms. The highest BCUT2D eigenvalue weighted by Crippen LogP contribution is 2.38. The van der Waals surface area contributed by atoms with Gasteiger partial charge in [0.25, 0.3) is 0 Å². The molecule has 1 aromatic rings. The Labute approximate surface area is 119 Å². The summed E-state index contributed by atoms with van der Waals surface area (Å²) in [6.45, 7) is 6.44. The van der Waals surface area contributed by atoms with Crippen LogP contribution in [0.1, 0.15) is 44.2 Å². The molecule has 1 heterocycles. The van der Waals surface area contributed by atoms with E-state index in [-0.39, 0.29) is 11.6 Å². The summed E-state index contributed by atoms with van der Waals surface area (Å²) in [5.74, 6) is -0.452. The normalized spacial score (nSPS) is 25.8. The van der Waals surface area contributed by atoms with Gasteiger partial charge in [0.1, 0.15) is 11.9 Å². The van der Waals surface area contributed by atoms with Gasteiger partial charge in [-0.25, -0.2) is 4.39 Å². The third-order valence-electron chi connectivity index (χ3n) is 4.57. The molecule has 3 nitrogen and oxygen atoms in total. The van der Waals surface area contributed by atoms with Crippen LogP contribution in [0.2, 0.25) is 0 Å². The number of rotatable bonds is 3. The second kappa shape index (κ2) is 5.41. The quantitative estimate of drug-likeness (QED) is 0.922. The maximum absolute atomic E-state index is 14.1. The number of hydrogen-bond acceptors (Lipinski definition) is 3.